The molecule has 174 valence electrons. The molecule has 0 atom stereocenters. The standard InChI is InChI=1S/C22H27N7O3S/c1-4-28(5-2)14-8-6-13(7-9-14)19-25-26-22(27(19)3)33-12-16(30)17-18(23)29(15-10-11-15)21(32)24-20(17)31/h6-9,15H,4-5,10-12,23H2,1-3H3,(H,24,31,32). The van der Waals surface area contributed by atoms with Crippen LogP contribution in [-0.4, -0.2) is 48.9 Å². The second-order valence-electron chi connectivity index (χ2n) is 7.92. The first-order valence-corrected chi connectivity index (χ1v) is 11.9. The predicted octanol–water partition coefficient (Wildman–Crippen LogP) is 2.07. The molecular formula is C22H27N7O3S. The van der Waals surface area contributed by atoms with Crippen LogP contribution in [0.5, 0.6) is 0 Å². The lowest BCUT2D eigenvalue weighted by atomic mass is 10.2. The molecular weight excluding hydrogens is 442 g/mol. The molecule has 0 radical (unpaired) electrons. The number of carbonyl (C=O) groups is 1. The van der Waals surface area contributed by atoms with Gasteiger partial charge in [-0.2, -0.15) is 0 Å². The van der Waals surface area contributed by atoms with Crippen molar-refractivity contribution in [3.63, 3.8) is 0 Å². The summed E-state index contributed by atoms with van der Waals surface area (Å²) in [4.78, 5) is 41.6. The first kappa shape index (κ1) is 22.8. The highest BCUT2D eigenvalue weighted by Gasteiger charge is 2.30. The van der Waals surface area contributed by atoms with E-state index in [1.54, 1.807) is 0 Å². The summed E-state index contributed by atoms with van der Waals surface area (Å²) in [6.45, 7) is 6.10. The van der Waals surface area contributed by atoms with E-state index in [0.717, 1.165) is 37.2 Å². The number of nitrogens with two attached hydrogens (primary N) is 1. The van der Waals surface area contributed by atoms with E-state index in [-0.39, 0.29) is 23.2 Å². The molecule has 2 heterocycles. The number of benzene rings is 1. The molecule has 1 aliphatic rings. The van der Waals surface area contributed by atoms with Crippen LogP contribution in [0.1, 0.15) is 43.1 Å². The van der Waals surface area contributed by atoms with Crippen molar-refractivity contribution in [2.45, 2.75) is 37.9 Å². The molecule has 1 aliphatic carbocycles. The zero-order valence-corrected chi connectivity index (χ0v) is 19.7. The summed E-state index contributed by atoms with van der Waals surface area (Å²) in [6.07, 6.45) is 1.60. The Morgan fingerprint density at radius 2 is 1.85 bits per heavy atom. The first-order chi connectivity index (χ1) is 15.8. The highest BCUT2D eigenvalue weighted by atomic mass is 32.2. The summed E-state index contributed by atoms with van der Waals surface area (Å²) >= 11 is 1.17. The van der Waals surface area contributed by atoms with E-state index in [9.17, 15) is 14.4 Å². The van der Waals surface area contributed by atoms with Gasteiger partial charge in [0.05, 0.1) is 5.75 Å². The number of nitrogens with zero attached hydrogens (tertiary/aromatic N) is 5. The largest absolute Gasteiger partial charge is 0.384 e. The number of thioether (sulfide) groups is 1. The number of aromatic nitrogens is 5. The summed E-state index contributed by atoms with van der Waals surface area (Å²) in [5.41, 5.74) is 6.58. The number of aromatic amines is 1. The van der Waals surface area contributed by atoms with Crippen LogP contribution in [0.2, 0.25) is 0 Å². The molecule has 10 nitrogen and oxygen atoms in total. The Morgan fingerprint density at radius 3 is 2.45 bits per heavy atom. The van der Waals surface area contributed by atoms with Crippen LogP contribution in [0, 0.1) is 0 Å². The van der Waals surface area contributed by atoms with E-state index >= 15 is 0 Å². The van der Waals surface area contributed by atoms with Gasteiger partial charge in [-0.3, -0.25) is 19.1 Å². The maximum atomic E-state index is 12.8. The van der Waals surface area contributed by atoms with Gasteiger partial charge in [0.25, 0.3) is 5.56 Å². The Hall–Kier alpha value is -3.34. The molecule has 0 bridgehead atoms. The van der Waals surface area contributed by atoms with Gasteiger partial charge in [-0.25, -0.2) is 4.79 Å². The number of nitrogen functional groups attached to an aromatic ring is 1. The molecule has 4 rings (SSSR count). The molecule has 0 spiro atoms. The number of hydrogen-bond acceptors (Lipinski definition) is 8. The Kier molecular flexibility index (Phi) is 6.41. The van der Waals surface area contributed by atoms with Crippen molar-refractivity contribution < 1.29 is 4.79 Å². The zero-order chi connectivity index (χ0) is 23.7. The maximum absolute atomic E-state index is 12.8. The number of Topliss-reactive ketones (excluding diaryl/α,β-unsaturated/α-hetero) is 1. The van der Waals surface area contributed by atoms with Crippen LogP contribution >= 0.6 is 11.8 Å². The van der Waals surface area contributed by atoms with Crippen LogP contribution in [-0.2, 0) is 7.05 Å². The summed E-state index contributed by atoms with van der Waals surface area (Å²) in [7, 11) is 1.83. The highest BCUT2D eigenvalue weighted by molar-refractivity contribution is 7.99. The summed E-state index contributed by atoms with van der Waals surface area (Å²) < 4.78 is 3.12. The van der Waals surface area contributed by atoms with Crippen molar-refractivity contribution in [2.24, 2.45) is 7.05 Å². The normalized spacial score (nSPS) is 13.3. The minimum atomic E-state index is -0.757. The lowest BCUT2D eigenvalue weighted by Gasteiger charge is -2.21. The molecule has 0 saturated heterocycles. The third-order valence-electron chi connectivity index (χ3n) is 5.79. The van der Waals surface area contributed by atoms with Crippen molar-refractivity contribution in [1.29, 1.82) is 0 Å². The quantitative estimate of drug-likeness (QED) is 0.360. The topological polar surface area (TPSA) is 132 Å². The fraction of sp³-hybridized carbons (Fsp3) is 0.409. The summed E-state index contributed by atoms with van der Waals surface area (Å²) in [5, 5.41) is 9.01. The molecule has 3 N–H and O–H groups in total. The molecule has 3 aromatic rings. The van der Waals surface area contributed by atoms with E-state index < -0.39 is 17.0 Å². The second kappa shape index (κ2) is 9.26. The molecule has 11 heteroatoms. The molecule has 1 aromatic carbocycles. The average Bonchev–Trinajstić information content (AvgIpc) is 3.55. The van der Waals surface area contributed by atoms with Crippen LogP contribution in [0.4, 0.5) is 11.5 Å². The summed E-state index contributed by atoms with van der Waals surface area (Å²) in [5.74, 6) is 0.101. The van der Waals surface area contributed by atoms with E-state index in [4.69, 9.17) is 5.73 Å². The average molecular weight is 470 g/mol. The maximum Gasteiger partial charge on any atom is 0.330 e. The van der Waals surface area contributed by atoms with Gasteiger partial charge in [0.2, 0.25) is 0 Å². The molecule has 1 fully saturated rings. The number of hydrogen-bond donors (Lipinski definition) is 2. The van der Waals surface area contributed by atoms with Gasteiger partial charge >= 0.3 is 5.69 Å². The zero-order valence-electron chi connectivity index (χ0n) is 18.9. The lowest BCUT2D eigenvalue weighted by Crippen LogP contribution is -2.36. The van der Waals surface area contributed by atoms with Crippen LogP contribution < -0.4 is 21.9 Å². The lowest BCUT2D eigenvalue weighted by molar-refractivity contribution is 0.102. The fourth-order valence-corrected chi connectivity index (χ4v) is 4.62. The van der Waals surface area contributed by atoms with Crippen LogP contribution in [0.3, 0.4) is 0 Å². The molecule has 0 unspecified atom stereocenters. The number of carbonyl (C=O) groups excluding carboxylic acids is 1. The van der Waals surface area contributed by atoms with Crippen molar-refractivity contribution >= 4 is 29.1 Å². The third-order valence-corrected chi connectivity index (χ3v) is 6.81. The second-order valence-corrected chi connectivity index (χ2v) is 8.86. The fourth-order valence-electron chi connectivity index (χ4n) is 3.84. The Balaban J connectivity index is 1.51. The third kappa shape index (κ3) is 4.45. The van der Waals surface area contributed by atoms with Gasteiger partial charge in [0.1, 0.15) is 11.4 Å². The van der Waals surface area contributed by atoms with Gasteiger partial charge in [-0.1, -0.05) is 11.8 Å². The van der Waals surface area contributed by atoms with E-state index in [1.165, 1.54) is 16.3 Å². The minimum absolute atomic E-state index is 0.0526. The van der Waals surface area contributed by atoms with Gasteiger partial charge in [0.15, 0.2) is 16.8 Å². The SMILES string of the molecule is CCN(CC)c1ccc(-c2nnc(SCC(=O)c3c(N)n(C4CC4)c(=O)[nH]c3=O)n2C)cc1. The highest BCUT2D eigenvalue weighted by Crippen LogP contribution is 2.35. The van der Waals surface area contributed by atoms with Gasteiger partial charge in [-0.15, -0.1) is 10.2 Å². The minimum Gasteiger partial charge on any atom is -0.384 e. The van der Waals surface area contributed by atoms with E-state index in [2.05, 4.69) is 46.1 Å². The van der Waals surface area contributed by atoms with Crippen molar-refractivity contribution in [2.75, 3.05) is 29.5 Å². The van der Waals surface area contributed by atoms with Crippen LogP contribution in [0.25, 0.3) is 11.4 Å². The molecule has 0 aliphatic heterocycles. The van der Waals surface area contributed by atoms with Crippen molar-refractivity contribution in [1.82, 2.24) is 24.3 Å². The van der Waals surface area contributed by atoms with Crippen molar-refractivity contribution in [3.8, 4) is 11.4 Å². The van der Waals surface area contributed by atoms with E-state index in [1.807, 2.05) is 23.7 Å². The Morgan fingerprint density at radius 1 is 1.18 bits per heavy atom. The number of ketones is 1. The molecule has 0 amide bonds. The van der Waals surface area contributed by atoms with Crippen molar-refractivity contribution in [3.05, 3.63) is 50.7 Å². The predicted molar refractivity (Wildman–Crippen MR) is 129 cm³/mol. The Labute approximate surface area is 194 Å². The van der Waals surface area contributed by atoms with Gasteiger partial charge in [-0.05, 0) is 51.0 Å². The number of rotatable bonds is 9. The number of H-pyrrole nitrogens is 1. The van der Waals surface area contributed by atoms with Crippen LogP contribution in [0.15, 0.2) is 39.0 Å². The monoisotopic (exact) mass is 469 g/mol. The molecule has 2 aromatic heterocycles. The number of nitrogens with one attached hydrogen (secondary N) is 1. The smallest absolute Gasteiger partial charge is 0.330 e. The summed E-state index contributed by atoms with van der Waals surface area (Å²) in [6, 6.07) is 8.05. The van der Waals surface area contributed by atoms with Gasteiger partial charge < -0.3 is 15.2 Å². The number of anilines is 2. The first-order valence-electron chi connectivity index (χ1n) is 10.9. The molecule has 1 saturated carbocycles. The molecule has 33 heavy (non-hydrogen) atoms. The van der Waals surface area contributed by atoms with Gasteiger partial charge in [0, 0.05) is 37.4 Å². The van der Waals surface area contributed by atoms with E-state index in [0.29, 0.717) is 11.0 Å². The Bertz CT molecular complexity index is 1280.